The van der Waals surface area contributed by atoms with Crippen molar-refractivity contribution in [3.63, 3.8) is 0 Å². The van der Waals surface area contributed by atoms with E-state index in [-0.39, 0.29) is 22.5 Å². The lowest BCUT2D eigenvalue weighted by molar-refractivity contribution is 0.0939. The maximum absolute atomic E-state index is 13.0. The van der Waals surface area contributed by atoms with Crippen LogP contribution in [0.3, 0.4) is 0 Å². The monoisotopic (exact) mass is 229 g/mol. The molecule has 0 saturated carbocycles. The van der Waals surface area contributed by atoms with Gasteiger partial charge in [-0.2, -0.15) is 0 Å². The molecule has 1 unspecified atom stereocenters. The molecule has 0 fully saturated rings. The molecule has 15 heavy (non-hydrogen) atoms. The highest BCUT2D eigenvalue weighted by atomic mass is 35.5. The highest BCUT2D eigenvalue weighted by Gasteiger charge is 2.10. The van der Waals surface area contributed by atoms with Crippen molar-refractivity contribution >= 4 is 17.5 Å². The third-order valence-electron chi connectivity index (χ3n) is 2.17. The SMILES string of the molecule is CCC(C)NC(=O)c1ccc(Cl)c(F)c1. The summed E-state index contributed by atoms with van der Waals surface area (Å²) in [5.74, 6) is -0.853. The fourth-order valence-electron chi connectivity index (χ4n) is 1.05. The van der Waals surface area contributed by atoms with Crippen LogP contribution in [0.25, 0.3) is 0 Å². The summed E-state index contributed by atoms with van der Waals surface area (Å²) in [6.07, 6.45) is 0.835. The van der Waals surface area contributed by atoms with Crippen molar-refractivity contribution in [3.05, 3.63) is 34.6 Å². The molecule has 1 rings (SSSR count). The summed E-state index contributed by atoms with van der Waals surface area (Å²) in [6.45, 7) is 3.86. The summed E-state index contributed by atoms with van der Waals surface area (Å²) in [5, 5.41) is 2.77. The van der Waals surface area contributed by atoms with Gasteiger partial charge in [-0.1, -0.05) is 18.5 Å². The lowest BCUT2D eigenvalue weighted by atomic mass is 10.2. The zero-order valence-electron chi connectivity index (χ0n) is 8.68. The summed E-state index contributed by atoms with van der Waals surface area (Å²) >= 11 is 5.51. The van der Waals surface area contributed by atoms with Crippen molar-refractivity contribution in [3.8, 4) is 0 Å². The van der Waals surface area contributed by atoms with E-state index in [1.165, 1.54) is 12.1 Å². The van der Waals surface area contributed by atoms with Gasteiger partial charge in [-0.25, -0.2) is 4.39 Å². The number of hydrogen-bond donors (Lipinski definition) is 1. The Kier molecular flexibility index (Phi) is 4.09. The zero-order chi connectivity index (χ0) is 11.4. The van der Waals surface area contributed by atoms with Crippen molar-refractivity contribution in [2.75, 3.05) is 0 Å². The van der Waals surface area contributed by atoms with E-state index in [1.807, 2.05) is 13.8 Å². The fraction of sp³-hybridized carbons (Fsp3) is 0.364. The Morgan fingerprint density at radius 3 is 2.80 bits per heavy atom. The van der Waals surface area contributed by atoms with E-state index in [4.69, 9.17) is 11.6 Å². The lowest BCUT2D eigenvalue weighted by Gasteiger charge is -2.11. The van der Waals surface area contributed by atoms with Crippen LogP contribution < -0.4 is 5.32 Å². The van der Waals surface area contributed by atoms with E-state index in [0.29, 0.717) is 0 Å². The zero-order valence-corrected chi connectivity index (χ0v) is 9.44. The van der Waals surface area contributed by atoms with E-state index in [2.05, 4.69) is 5.32 Å². The van der Waals surface area contributed by atoms with E-state index >= 15 is 0 Å². The van der Waals surface area contributed by atoms with Crippen molar-refractivity contribution in [1.29, 1.82) is 0 Å². The van der Waals surface area contributed by atoms with Crippen LogP contribution in [0.4, 0.5) is 4.39 Å². The predicted octanol–water partition coefficient (Wildman–Crippen LogP) is 3.01. The molecule has 0 aliphatic heterocycles. The summed E-state index contributed by atoms with van der Waals surface area (Å²) < 4.78 is 13.0. The molecule has 1 atom stereocenters. The van der Waals surface area contributed by atoms with Crippen LogP contribution in [-0.4, -0.2) is 11.9 Å². The molecule has 0 spiro atoms. The lowest BCUT2D eigenvalue weighted by Crippen LogP contribution is -2.31. The summed E-state index contributed by atoms with van der Waals surface area (Å²) in [4.78, 5) is 11.6. The molecule has 4 heteroatoms. The second-order valence-electron chi connectivity index (χ2n) is 3.41. The molecule has 0 radical (unpaired) electrons. The van der Waals surface area contributed by atoms with Crippen LogP contribution in [0.5, 0.6) is 0 Å². The molecule has 1 N–H and O–H groups in total. The molecule has 0 aliphatic carbocycles. The highest BCUT2D eigenvalue weighted by Crippen LogP contribution is 2.15. The number of benzene rings is 1. The second kappa shape index (κ2) is 5.12. The number of carbonyl (C=O) groups is 1. The maximum Gasteiger partial charge on any atom is 0.251 e. The van der Waals surface area contributed by atoms with Crippen LogP contribution in [-0.2, 0) is 0 Å². The van der Waals surface area contributed by atoms with Crippen LogP contribution in [0.15, 0.2) is 18.2 Å². The Morgan fingerprint density at radius 2 is 2.27 bits per heavy atom. The minimum absolute atomic E-state index is 0.0232. The molecule has 82 valence electrons. The molecule has 1 amide bonds. The first-order valence-corrected chi connectivity index (χ1v) is 5.18. The smallest absolute Gasteiger partial charge is 0.251 e. The molecular formula is C11H13ClFNO. The molecule has 0 heterocycles. The Labute approximate surface area is 93.4 Å². The Hall–Kier alpha value is -1.09. The largest absolute Gasteiger partial charge is 0.350 e. The number of carbonyl (C=O) groups excluding carboxylic acids is 1. The average Bonchev–Trinajstić information content (AvgIpc) is 2.21. The van der Waals surface area contributed by atoms with E-state index < -0.39 is 5.82 Å². The minimum atomic E-state index is -0.575. The third kappa shape index (κ3) is 3.20. The van der Waals surface area contributed by atoms with Gasteiger partial charge < -0.3 is 5.32 Å². The number of amides is 1. The summed E-state index contributed by atoms with van der Waals surface area (Å²) in [7, 11) is 0. The van der Waals surface area contributed by atoms with Gasteiger partial charge in [0.2, 0.25) is 0 Å². The fourth-order valence-corrected chi connectivity index (χ4v) is 1.16. The van der Waals surface area contributed by atoms with Gasteiger partial charge in [0.05, 0.1) is 5.02 Å². The molecule has 0 aromatic heterocycles. The predicted molar refractivity (Wildman–Crippen MR) is 58.6 cm³/mol. The topological polar surface area (TPSA) is 29.1 Å². The second-order valence-corrected chi connectivity index (χ2v) is 3.82. The van der Waals surface area contributed by atoms with Crippen LogP contribution in [0.2, 0.25) is 5.02 Å². The van der Waals surface area contributed by atoms with Crippen LogP contribution in [0, 0.1) is 5.82 Å². The number of nitrogens with one attached hydrogen (secondary N) is 1. The number of rotatable bonds is 3. The Balaban J connectivity index is 2.78. The van der Waals surface area contributed by atoms with Crippen LogP contribution >= 0.6 is 11.6 Å². The van der Waals surface area contributed by atoms with Gasteiger partial charge in [0.15, 0.2) is 0 Å². The molecule has 0 saturated heterocycles. The van der Waals surface area contributed by atoms with E-state index in [9.17, 15) is 9.18 Å². The quantitative estimate of drug-likeness (QED) is 0.848. The van der Waals surface area contributed by atoms with Crippen molar-refractivity contribution in [2.24, 2.45) is 0 Å². The van der Waals surface area contributed by atoms with Gasteiger partial charge in [0.1, 0.15) is 5.82 Å². The van der Waals surface area contributed by atoms with E-state index in [0.717, 1.165) is 12.5 Å². The van der Waals surface area contributed by atoms with Crippen molar-refractivity contribution in [2.45, 2.75) is 26.3 Å². The van der Waals surface area contributed by atoms with Gasteiger partial charge in [0, 0.05) is 11.6 Å². The van der Waals surface area contributed by atoms with Gasteiger partial charge in [0.25, 0.3) is 5.91 Å². The average molecular weight is 230 g/mol. The van der Waals surface area contributed by atoms with Crippen molar-refractivity contribution < 1.29 is 9.18 Å². The minimum Gasteiger partial charge on any atom is -0.350 e. The van der Waals surface area contributed by atoms with Gasteiger partial charge >= 0.3 is 0 Å². The van der Waals surface area contributed by atoms with Gasteiger partial charge in [-0.3, -0.25) is 4.79 Å². The first kappa shape index (κ1) is 12.0. The molecule has 0 bridgehead atoms. The van der Waals surface area contributed by atoms with E-state index in [1.54, 1.807) is 0 Å². The summed E-state index contributed by atoms with van der Waals surface area (Å²) in [6, 6.07) is 4.10. The van der Waals surface area contributed by atoms with Crippen LogP contribution in [0.1, 0.15) is 30.6 Å². The first-order chi connectivity index (χ1) is 7.04. The number of halogens is 2. The highest BCUT2D eigenvalue weighted by molar-refractivity contribution is 6.30. The molecule has 1 aromatic carbocycles. The molecule has 0 aliphatic rings. The summed E-state index contributed by atoms with van der Waals surface area (Å²) in [5.41, 5.74) is 0.289. The third-order valence-corrected chi connectivity index (χ3v) is 2.48. The molecule has 2 nitrogen and oxygen atoms in total. The Morgan fingerprint density at radius 1 is 1.60 bits per heavy atom. The van der Waals surface area contributed by atoms with Gasteiger partial charge in [-0.05, 0) is 31.5 Å². The van der Waals surface area contributed by atoms with Crippen molar-refractivity contribution in [1.82, 2.24) is 5.32 Å². The standard InChI is InChI=1S/C11H13ClFNO/c1-3-7(2)14-11(15)8-4-5-9(12)10(13)6-8/h4-7H,3H2,1-2H3,(H,14,15). The first-order valence-electron chi connectivity index (χ1n) is 4.80. The van der Waals surface area contributed by atoms with Gasteiger partial charge in [-0.15, -0.1) is 0 Å². The number of hydrogen-bond acceptors (Lipinski definition) is 1. The molecular weight excluding hydrogens is 217 g/mol. The Bertz CT molecular complexity index is 368. The maximum atomic E-state index is 13.0. The molecule has 1 aromatic rings. The normalized spacial score (nSPS) is 12.3.